The van der Waals surface area contributed by atoms with E-state index in [-0.39, 0.29) is 12.0 Å². The normalized spacial score (nSPS) is 44.1. The number of carbonyl (C=O) groups is 1. The molecular weight excluding hydrogens is 140 g/mol. The van der Waals surface area contributed by atoms with E-state index in [4.69, 9.17) is 0 Å². The van der Waals surface area contributed by atoms with Crippen LogP contribution in [-0.2, 0) is 4.79 Å². The van der Waals surface area contributed by atoms with Gasteiger partial charge in [0, 0.05) is 12.3 Å². The highest BCUT2D eigenvalue weighted by molar-refractivity contribution is 5.82. The molecule has 0 aromatic heterocycles. The number of fused-ring (bicyclic) bond motifs is 1. The molecule has 0 spiro atoms. The Labute approximate surface area is 66.6 Å². The third-order valence-electron chi connectivity index (χ3n) is 3.13. The van der Waals surface area contributed by atoms with Gasteiger partial charge >= 0.3 is 0 Å². The van der Waals surface area contributed by atoms with E-state index in [0.717, 1.165) is 25.7 Å². The van der Waals surface area contributed by atoms with Crippen LogP contribution in [0.2, 0.25) is 0 Å². The van der Waals surface area contributed by atoms with Crippen molar-refractivity contribution in [1.29, 1.82) is 0 Å². The van der Waals surface area contributed by atoms with Crippen LogP contribution in [0.5, 0.6) is 0 Å². The van der Waals surface area contributed by atoms with Crippen LogP contribution in [0.1, 0.15) is 32.1 Å². The van der Waals surface area contributed by atoms with Crippen LogP contribution in [-0.4, -0.2) is 17.0 Å². The van der Waals surface area contributed by atoms with E-state index in [2.05, 4.69) is 0 Å². The molecule has 2 rings (SSSR count). The van der Waals surface area contributed by atoms with Crippen LogP contribution in [0.3, 0.4) is 0 Å². The molecule has 1 N–H and O–H groups in total. The lowest BCUT2D eigenvalue weighted by atomic mass is 9.80. The van der Waals surface area contributed by atoms with Crippen molar-refractivity contribution in [2.45, 2.75) is 38.2 Å². The maximum absolute atomic E-state index is 11.3. The van der Waals surface area contributed by atoms with E-state index in [1.165, 1.54) is 0 Å². The number of aliphatic hydroxyl groups is 1. The average molecular weight is 154 g/mol. The minimum absolute atomic E-state index is 0.0174. The Morgan fingerprint density at radius 3 is 2.82 bits per heavy atom. The summed E-state index contributed by atoms with van der Waals surface area (Å²) in [7, 11) is 0. The highest BCUT2D eigenvalue weighted by atomic mass is 16.3. The fourth-order valence-electron chi connectivity index (χ4n) is 2.56. The maximum atomic E-state index is 11.3. The fraction of sp³-hybridized carbons (Fsp3) is 0.889. The van der Waals surface area contributed by atoms with Crippen molar-refractivity contribution in [3.8, 4) is 0 Å². The molecule has 0 aromatic carbocycles. The summed E-state index contributed by atoms with van der Waals surface area (Å²) < 4.78 is 0. The summed E-state index contributed by atoms with van der Waals surface area (Å²) >= 11 is 0. The second-order valence-corrected chi connectivity index (χ2v) is 3.79. The van der Waals surface area contributed by atoms with Gasteiger partial charge in [-0.15, -0.1) is 0 Å². The fourth-order valence-corrected chi connectivity index (χ4v) is 2.56. The highest BCUT2D eigenvalue weighted by Crippen LogP contribution is 2.40. The van der Waals surface area contributed by atoms with Crippen molar-refractivity contribution in [2.75, 3.05) is 0 Å². The van der Waals surface area contributed by atoms with Crippen molar-refractivity contribution >= 4 is 5.78 Å². The molecule has 3 atom stereocenters. The Kier molecular flexibility index (Phi) is 1.72. The SMILES string of the molecule is O=C1CCC[C@H]2CC[C@@H](O)[C@@H]12. The molecular formula is C9H14O2. The Balaban J connectivity index is 2.14. The number of carbonyl (C=O) groups excluding carboxylic acids is 1. The van der Waals surface area contributed by atoms with E-state index >= 15 is 0 Å². The molecule has 0 radical (unpaired) electrons. The van der Waals surface area contributed by atoms with Gasteiger partial charge in [-0.1, -0.05) is 0 Å². The predicted octanol–water partition coefficient (Wildman–Crippen LogP) is 1.13. The summed E-state index contributed by atoms with van der Waals surface area (Å²) in [6.07, 6.45) is 4.52. The second kappa shape index (κ2) is 2.59. The molecule has 2 saturated carbocycles. The third kappa shape index (κ3) is 1.09. The third-order valence-corrected chi connectivity index (χ3v) is 3.13. The molecule has 0 saturated heterocycles. The van der Waals surface area contributed by atoms with Gasteiger partial charge < -0.3 is 5.11 Å². The molecule has 2 aliphatic rings. The molecule has 2 nitrogen and oxygen atoms in total. The molecule has 2 aliphatic carbocycles. The summed E-state index contributed by atoms with van der Waals surface area (Å²) in [4.78, 5) is 11.3. The molecule has 0 aliphatic heterocycles. The van der Waals surface area contributed by atoms with Gasteiger partial charge in [0.15, 0.2) is 0 Å². The van der Waals surface area contributed by atoms with E-state index in [1.807, 2.05) is 0 Å². The van der Waals surface area contributed by atoms with Gasteiger partial charge in [0.1, 0.15) is 5.78 Å². The van der Waals surface area contributed by atoms with Gasteiger partial charge in [0.25, 0.3) is 0 Å². The van der Waals surface area contributed by atoms with Crippen molar-refractivity contribution in [1.82, 2.24) is 0 Å². The van der Waals surface area contributed by atoms with E-state index < -0.39 is 0 Å². The van der Waals surface area contributed by atoms with Crippen molar-refractivity contribution in [3.63, 3.8) is 0 Å². The van der Waals surface area contributed by atoms with Crippen molar-refractivity contribution in [3.05, 3.63) is 0 Å². The predicted molar refractivity (Wildman–Crippen MR) is 41.1 cm³/mol. The lowest BCUT2D eigenvalue weighted by Gasteiger charge is -2.25. The number of Topliss-reactive ketones (excluding diaryl/α,β-unsaturated/α-hetero) is 1. The first-order valence-corrected chi connectivity index (χ1v) is 4.50. The van der Waals surface area contributed by atoms with Crippen molar-refractivity contribution < 1.29 is 9.90 Å². The highest BCUT2D eigenvalue weighted by Gasteiger charge is 2.41. The quantitative estimate of drug-likeness (QED) is 0.568. The molecule has 11 heavy (non-hydrogen) atoms. The Hall–Kier alpha value is -0.370. The summed E-state index contributed by atoms with van der Waals surface area (Å²) in [6.45, 7) is 0. The Bertz CT molecular complexity index is 174. The van der Waals surface area contributed by atoms with Gasteiger partial charge in [0.2, 0.25) is 0 Å². The molecule has 0 amide bonds. The van der Waals surface area contributed by atoms with Crippen LogP contribution >= 0.6 is 0 Å². The number of aliphatic hydroxyl groups excluding tert-OH is 1. The van der Waals surface area contributed by atoms with Crippen LogP contribution in [0.4, 0.5) is 0 Å². The summed E-state index contributed by atoms with van der Waals surface area (Å²) in [6, 6.07) is 0. The minimum atomic E-state index is -0.312. The largest absolute Gasteiger partial charge is 0.392 e. The first kappa shape index (κ1) is 7.29. The summed E-state index contributed by atoms with van der Waals surface area (Å²) in [5, 5.41) is 9.47. The average Bonchev–Trinajstić information content (AvgIpc) is 2.34. The molecule has 0 heterocycles. The number of rotatable bonds is 0. The van der Waals surface area contributed by atoms with Gasteiger partial charge in [-0.2, -0.15) is 0 Å². The van der Waals surface area contributed by atoms with Gasteiger partial charge in [-0.25, -0.2) is 0 Å². The second-order valence-electron chi connectivity index (χ2n) is 3.79. The number of ketones is 1. The first-order valence-electron chi connectivity index (χ1n) is 4.50. The van der Waals surface area contributed by atoms with E-state index in [0.29, 0.717) is 18.1 Å². The standard InChI is InChI=1S/C9H14O2/c10-7-3-1-2-6-4-5-8(11)9(6)7/h6,8-9,11H,1-5H2/t6-,8+,9+/m0/s1. The molecule has 62 valence electrons. The molecule has 0 aromatic rings. The molecule has 0 unspecified atom stereocenters. The first-order chi connectivity index (χ1) is 5.29. The summed E-state index contributed by atoms with van der Waals surface area (Å²) in [5.74, 6) is 0.848. The van der Waals surface area contributed by atoms with E-state index in [9.17, 15) is 9.90 Å². The Morgan fingerprint density at radius 2 is 2.09 bits per heavy atom. The lowest BCUT2D eigenvalue weighted by Crippen LogP contribution is -2.31. The van der Waals surface area contributed by atoms with Gasteiger partial charge in [-0.05, 0) is 31.6 Å². The number of hydrogen-bond donors (Lipinski definition) is 1. The maximum Gasteiger partial charge on any atom is 0.138 e. The zero-order valence-corrected chi connectivity index (χ0v) is 6.62. The lowest BCUT2D eigenvalue weighted by molar-refractivity contribution is -0.128. The molecule has 2 fully saturated rings. The molecule has 2 heteroatoms. The number of hydrogen-bond acceptors (Lipinski definition) is 2. The minimum Gasteiger partial charge on any atom is -0.392 e. The van der Waals surface area contributed by atoms with Crippen LogP contribution in [0, 0.1) is 11.8 Å². The Morgan fingerprint density at radius 1 is 1.27 bits per heavy atom. The topological polar surface area (TPSA) is 37.3 Å². The van der Waals surface area contributed by atoms with Gasteiger partial charge in [0.05, 0.1) is 6.10 Å². The van der Waals surface area contributed by atoms with Crippen LogP contribution in [0.25, 0.3) is 0 Å². The van der Waals surface area contributed by atoms with Crippen molar-refractivity contribution in [2.24, 2.45) is 11.8 Å². The monoisotopic (exact) mass is 154 g/mol. The van der Waals surface area contributed by atoms with Crippen LogP contribution < -0.4 is 0 Å². The molecule has 0 bridgehead atoms. The van der Waals surface area contributed by atoms with Crippen LogP contribution in [0.15, 0.2) is 0 Å². The summed E-state index contributed by atoms with van der Waals surface area (Å²) in [5.41, 5.74) is 0. The zero-order valence-electron chi connectivity index (χ0n) is 6.62. The zero-order chi connectivity index (χ0) is 7.84. The van der Waals surface area contributed by atoms with E-state index in [1.54, 1.807) is 0 Å². The van der Waals surface area contributed by atoms with Gasteiger partial charge in [-0.3, -0.25) is 4.79 Å². The smallest absolute Gasteiger partial charge is 0.138 e.